The summed E-state index contributed by atoms with van der Waals surface area (Å²) in [7, 11) is -4.62. The molecule has 23 heavy (non-hydrogen) atoms. The number of phosphoric acid groups is 1. The van der Waals surface area contributed by atoms with Crippen LogP contribution < -0.4 is 0 Å². The molecule has 0 fully saturated rings. The molecule has 0 bridgehead atoms. The Morgan fingerprint density at radius 2 is 1.26 bits per heavy atom. The normalized spacial score (nSPS) is 11.4. The third-order valence-electron chi connectivity index (χ3n) is 3.66. The Bertz CT molecular complexity index is 688. The van der Waals surface area contributed by atoms with Crippen molar-refractivity contribution in [3.63, 3.8) is 0 Å². The monoisotopic (exact) mass is 344 g/mol. The van der Waals surface area contributed by atoms with Gasteiger partial charge in [0.05, 0.1) is 0 Å². The summed E-state index contributed by atoms with van der Waals surface area (Å²) in [6.07, 6.45) is -0.790. The molecule has 0 saturated heterocycles. The van der Waals surface area contributed by atoms with Crippen LogP contribution in [0.3, 0.4) is 0 Å². The van der Waals surface area contributed by atoms with E-state index in [9.17, 15) is 14.4 Å². The zero-order valence-electron chi connectivity index (χ0n) is 13.2. The molecule has 0 radical (unpaired) electrons. The SMILES string of the molecule is Cc1ccc(C(OP(=O)(O)O)c2ccc(C)cc2C)c(C)c1.[NaH]. The van der Waals surface area contributed by atoms with Crippen LogP contribution in [0.4, 0.5) is 0 Å². The Balaban J connectivity index is 0.00000264. The van der Waals surface area contributed by atoms with E-state index in [4.69, 9.17) is 4.52 Å². The number of phosphoric ester groups is 1. The van der Waals surface area contributed by atoms with Crippen LogP contribution in [0.25, 0.3) is 0 Å². The van der Waals surface area contributed by atoms with Crippen LogP contribution in [0.5, 0.6) is 0 Å². The third kappa shape index (κ3) is 5.54. The molecule has 2 aromatic rings. The van der Waals surface area contributed by atoms with Gasteiger partial charge in [0.1, 0.15) is 6.10 Å². The fourth-order valence-electron chi connectivity index (χ4n) is 2.66. The first-order valence-electron chi connectivity index (χ1n) is 7.05. The van der Waals surface area contributed by atoms with E-state index < -0.39 is 13.9 Å². The van der Waals surface area contributed by atoms with Crippen LogP contribution in [-0.2, 0) is 9.09 Å². The molecule has 0 aliphatic rings. The van der Waals surface area contributed by atoms with E-state index in [1.54, 1.807) is 0 Å². The standard InChI is InChI=1S/C17H21O4P.Na.H/c1-11-5-7-15(13(3)9-11)17(21-22(18,19)20)16-8-6-12(2)10-14(16)4;;/h5-10,17H,1-4H3,(H2,18,19,20);;. The number of rotatable bonds is 4. The van der Waals surface area contributed by atoms with Gasteiger partial charge in [-0.2, -0.15) is 0 Å². The van der Waals surface area contributed by atoms with Crippen molar-refractivity contribution in [2.75, 3.05) is 0 Å². The van der Waals surface area contributed by atoms with Crippen LogP contribution in [0.15, 0.2) is 36.4 Å². The molecule has 4 nitrogen and oxygen atoms in total. The molecule has 0 unspecified atom stereocenters. The molecule has 0 heterocycles. The van der Waals surface area contributed by atoms with E-state index in [1.165, 1.54) is 0 Å². The number of hydrogen-bond donors (Lipinski definition) is 2. The second-order valence-electron chi connectivity index (χ2n) is 5.70. The molecule has 6 heteroatoms. The van der Waals surface area contributed by atoms with Gasteiger partial charge in [0.15, 0.2) is 0 Å². The van der Waals surface area contributed by atoms with E-state index in [2.05, 4.69) is 0 Å². The summed E-state index contributed by atoms with van der Waals surface area (Å²) in [5, 5.41) is 0. The van der Waals surface area contributed by atoms with E-state index in [0.29, 0.717) is 0 Å². The fraction of sp³-hybridized carbons (Fsp3) is 0.294. The first-order chi connectivity index (χ1) is 10.2. The molecule has 0 atom stereocenters. The molecule has 0 amide bonds. The molecular weight excluding hydrogens is 322 g/mol. The van der Waals surface area contributed by atoms with E-state index in [-0.39, 0.29) is 29.6 Å². The van der Waals surface area contributed by atoms with Crippen LogP contribution in [0, 0.1) is 27.7 Å². The van der Waals surface area contributed by atoms with Crippen LogP contribution in [-0.4, -0.2) is 39.3 Å². The van der Waals surface area contributed by atoms with E-state index >= 15 is 0 Å². The van der Waals surface area contributed by atoms with Crippen LogP contribution >= 0.6 is 7.82 Å². The van der Waals surface area contributed by atoms with Gasteiger partial charge in [-0.25, -0.2) is 4.57 Å². The number of benzene rings is 2. The third-order valence-corrected chi connectivity index (χ3v) is 4.14. The molecular formula is C17H22NaO4P. The topological polar surface area (TPSA) is 66.8 Å². The summed E-state index contributed by atoms with van der Waals surface area (Å²) < 4.78 is 16.5. The molecule has 2 N–H and O–H groups in total. The quantitative estimate of drug-likeness (QED) is 0.658. The Morgan fingerprint density at radius 1 is 0.870 bits per heavy atom. The van der Waals surface area contributed by atoms with Gasteiger partial charge in [-0.05, 0) is 49.9 Å². The van der Waals surface area contributed by atoms with Crippen molar-refractivity contribution in [1.82, 2.24) is 0 Å². The van der Waals surface area contributed by atoms with Gasteiger partial charge in [0, 0.05) is 0 Å². The van der Waals surface area contributed by atoms with Crippen molar-refractivity contribution in [1.29, 1.82) is 0 Å². The van der Waals surface area contributed by atoms with Gasteiger partial charge in [-0.3, -0.25) is 4.52 Å². The number of aryl methyl sites for hydroxylation is 4. The minimum absolute atomic E-state index is 0. The Hall–Kier alpha value is -0.450. The summed E-state index contributed by atoms with van der Waals surface area (Å²) in [6.45, 7) is 7.79. The molecule has 0 aliphatic heterocycles. The zero-order chi connectivity index (χ0) is 16.5. The Kier molecular flexibility index (Phi) is 7.24. The molecule has 0 spiro atoms. The van der Waals surface area contributed by atoms with Gasteiger partial charge < -0.3 is 9.79 Å². The van der Waals surface area contributed by atoms with Crippen LogP contribution in [0.1, 0.15) is 39.5 Å². The van der Waals surface area contributed by atoms with Gasteiger partial charge in [-0.15, -0.1) is 0 Å². The van der Waals surface area contributed by atoms with Crippen molar-refractivity contribution < 1.29 is 18.9 Å². The van der Waals surface area contributed by atoms with Crippen molar-refractivity contribution >= 4 is 37.4 Å². The predicted molar refractivity (Wildman–Crippen MR) is 94.0 cm³/mol. The summed E-state index contributed by atoms with van der Waals surface area (Å²) in [5.74, 6) is 0. The predicted octanol–water partition coefficient (Wildman–Crippen LogP) is 3.47. The molecule has 0 aromatic heterocycles. The Morgan fingerprint density at radius 3 is 1.57 bits per heavy atom. The van der Waals surface area contributed by atoms with Gasteiger partial charge in [0.2, 0.25) is 0 Å². The first kappa shape index (κ1) is 20.6. The maximum absolute atomic E-state index is 11.4. The maximum atomic E-state index is 11.4. The molecule has 0 saturated carbocycles. The summed E-state index contributed by atoms with van der Waals surface area (Å²) in [5.41, 5.74) is 5.60. The zero-order valence-corrected chi connectivity index (χ0v) is 14.1. The first-order valence-corrected chi connectivity index (χ1v) is 8.58. The Labute approximate surface area is 159 Å². The average molecular weight is 344 g/mol. The minimum atomic E-state index is -4.62. The van der Waals surface area contributed by atoms with Gasteiger partial charge in [0.25, 0.3) is 0 Å². The summed E-state index contributed by atoms with van der Waals surface area (Å²) >= 11 is 0. The van der Waals surface area contributed by atoms with Crippen molar-refractivity contribution in [2.24, 2.45) is 0 Å². The second-order valence-corrected chi connectivity index (χ2v) is 6.89. The molecule has 120 valence electrons. The van der Waals surface area contributed by atoms with Crippen LogP contribution in [0.2, 0.25) is 0 Å². The van der Waals surface area contributed by atoms with Crippen molar-refractivity contribution in [2.45, 2.75) is 33.8 Å². The van der Waals surface area contributed by atoms with E-state index in [0.717, 1.165) is 33.4 Å². The summed E-state index contributed by atoms with van der Waals surface area (Å²) in [4.78, 5) is 18.6. The van der Waals surface area contributed by atoms with Crippen molar-refractivity contribution in [3.05, 3.63) is 69.8 Å². The molecule has 2 aromatic carbocycles. The summed E-state index contributed by atoms with van der Waals surface area (Å²) in [6, 6.07) is 11.5. The van der Waals surface area contributed by atoms with Gasteiger partial charge in [-0.1, -0.05) is 47.5 Å². The average Bonchev–Trinajstić information content (AvgIpc) is 2.35. The number of hydrogen-bond acceptors (Lipinski definition) is 2. The van der Waals surface area contributed by atoms with Gasteiger partial charge >= 0.3 is 37.4 Å². The van der Waals surface area contributed by atoms with E-state index in [1.807, 2.05) is 64.1 Å². The molecule has 2 rings (SSSR count). The van der Waals surface area contributed by atoms with Crippen molar-refractivity contribution in [3.8, 4) is 0 Å². The molecule has 0 aliphatic carbocycles. The fourth-order valence-corrected chi connectivity index (χ4v) is 3.16. The second kappa shape index (κ2) is 8.09.